The Labute approximate surface area is 109 Å². The summed E-state index contributed by atoms with van der Waals surface area (Å²) in [6, 6.07) is 6.77. The van der Waals surface area contributed by atoms with Gasteiger partial charge in [-0.1, -0.05) is 6.07 Å². The van der Waals surface area contributed by atoms with Crippen molar-refractivity contribution in [3.05, 3.63) is 46.4 Å². The van der Waals surface area contributed by atoms with Gasteiger partial charge >= 0.3 is 0 Å². The Morgan fingerprint density at radius 1 is 1.39 bits per heavy atom. The van der Waals surface area contributed by atoms with Gasteiger partial charge in [-0.15, -0.1) is 11.3 Å². The normalized spacial score (nSPS) is 11.6. The van der Waals surface area contributed by atoms with Crippen molar-refractivity contribution in [2.45, 2.75) is 18.0 Å². The minimum absolute atomic E-state index is 0.146. The molecule has 2 aromatic rings. The molecule has 0 fully saturated rings. The average Bonchev–Trinajstić information content (AvgIpc) is 2.87. The molecule has 2 heterocycles. The van der Waals surface area contributed by atoms with Crippen molar-refractivity contribution in [3.8, 4) is 0 Å². The molecule has 0 aliphatic carbocycles. The maximum absolute atomic E-state index is 11.9. The maximum atomic E-state index is 11.9. The quantitative estimate of drug-likeness (QED) is 0.862. The highest BCUT2D eigenvalue weighted by Crippen LogP contribution is 2.19. The number of hydrogen-bond acceptors (Lipinski definition) is 5. The van der Waals surface area contributed by atoms with E-state index in [9.17, 15) is 8.42 Å². The van der Waals surface area contributed by atoms with Crippen LogP contribution in [-0.4, -0.2) is 18.5 Å². The van der Waals surface area contributed by atoms with Gasteiger partial charge in [0.15, 0.2) is 0 Å². The zero-order chi connectivity index (χ0) is 13.0. The van der Waals surface area contributed by atoms with Crippen molar-refractivity contribution in [1.82, 2.24) is 9.71 Å². The Morgan fingerprint density at radius 2 is 2.22 bits per heavy atom. The van der Waals surface area contributed by atoms with Gasteiger partial charge in [0.05, 0.1) is 23.7 Å². The first kappa shape index (κ1) is 13.2. The summed E-state index contributed by atoms with van der Waals surface area (Å²) in [4.78, 5) is 4.82. The average molecular weight is 284 g/mol. The van der Waals surface area contributed by atoms with Crippen LogP contribution in [0.2, 0.25) is 0 Å². The first-order valence-electron chi connectivity index (χ1n) is 5.19. The molecule has 0 aliphatic heterocycles. The lowest BCUT2D eigenvalue weighted by molar-refractivity contribution is 0.285. The second-order valence-electron chi connectivity index (χ2n) is 3.55. The van der Waals surface area contributed by atoms with Crippen LogP contribution in [-0.2, 0) is 23.2 Å². The lowest BCUT2D eigenvalue weighted by Crippen LogP contribution is -2.23. The van der Waals surface area contributed by atoms with Crippen molar-refractivity contribution in [1.29, 1.82) is 0 Å². The molecule has 0 spiro atoms. The summed E-state index contributed by atoms with van der Waals surface area (Å²) >= 11 is 1.21. The Bertz CT molecular complexity index is 608. The monoisotopic (exact) mass is 284 g/mol. The summed E-state index contributed by atoms with van der Waals surface area (Å²) < 4.78 is 26.3. The molecule has 18 heavy (non-hydrogen) atoms. The molecule has 0 unspecified atom stereocenters. The molecular formula is C11H12N2O3S2. The van der Waals surface area contributed by atoms with E-state index in [2.05, 4.69) is 9.71 Å². The van der Waals surface area contributed by atoms with Crippen LogP contribution in [0.15, 0.2) is 40.7 Å². The number of aliphatic hydroxyl groups excluding tert-OH is 1. The van der Waals surface area contributed by atoms with Crippen LogP contribution in [0.5, 0.6) is 0 Å². The number of thiophene rings is 1. The molecule has 0 saturated heterocycles. The molecule has 0 saturated carbocycles. The summed E-state index contributed by atoms with van der Waals surface area (Å²) in [6.07, 6.45) is 1.61. The van der Waals surface area contributed by atoms with Crippen LogP contribution >= 0.6 is 11.3 Å². The topological polar surface area (TPSA) is 79.3 Å². The number of hydrogen-bond donors (Lipinski definition) is 2. The number of aromatic nitrogens is 1. The highest BCUT2D eigenvalue weighted by atomic mass is 32.2. The standard InChI is InChI=1S/C11H12N2O3S2/c14-7-10-5-11(8-17-10)18(15,16)13-6-9-3-1-2-4-12-9/h1-5,8,13-14H,6-7H2. The fraction of sp³-hybridized carbons (Fsp3) is 0.182. The minimum Gasteiger partial charge on any atom is -0.391 e. The van der Waals surface area contributed by atoms with E-state index in [0.29, 0.717) is 10.6 Å². The van der Waals surface area contributed by atoms with Gasteiger partial charge in [0.1, 0.15) is 0 Å². The SMILES string of the molecule is O=S(=O)(NCc1ccccn1)c1csc(CO)c1. The van der Waals surface area contributed by atoms with Crippen LogP contribution in [0.3, 0.4) is 0 Å². The Kier molecular flexibility index (Phi) is 4.07. The van der Waals surface area contributed by atoms with Gasteiger partial charge in [0, 0.05) is 16.5 Å². The van der Waals surface area contributed by atoms with Gasteiger partial charge in [-0.2, -0.15) is 0 Å². The fourth-order valence-corrected chi connectivity index (χ4v) is 3.47. The van der Waals surface area contributed by atoms with Gasteiger partial charge in [-0.25, -0.2) is 13.1 Å². The number of sulfonamides is 1. The van der Waals surface area contributed by atoms with Gasteiger partial charge in [-0.05, 0) is 18.2 Å². The van der Waals surface area contributed by atoms with Crippen molar-refractivity contribution >= 4 is 21.4 Å². The van der Waals surface area contributed by atoms with E-state index in [-0.39, 0.29) is 18.0 Å². The predicted molar refractivity (Wildman–Crippen MR) is 68.5 cm³/mol. The molecule has 0 aliphatic rings. The van der Waals surface area contributed by atoms with Gasteiger partial charge in [-0.3, -0.25) is 4.98 Å². The van der Waals surface area contributed by atoms with Crippen LogP contribution in [0, 0.1) is 0 Å². The molecule has 0 atom stereocenters. The molecule has 0 bridgehead atoms. The molecule has 2 rings (SSSR count). The zero-order valence-electron chi connectivity index (χ0n) is 9.41. The van der Waals surface area contributed by atoms with E-state index in [4.69, 9.17) is 5.11 Å². The second kappa shape index (κ2) is 5.57. The molecule has 7 heteroatoms. The highest BCUT2D eigenvalue weighted by Gasteiger charge is 2.15. The predicted octanol–water partition coefficient (Wildman–Crippen LogP) is 1.11. The molecule has 96 valence electrons. The largest absolute Gasteiger partial charge is 0.391 e. The van der Waals surface area contributed by atoms with E-state index >= 15 is 0 Å². The smallest absolute Gasteiger partial charge is 0.241 e. The van der Waals surface area contributed by atoms with Gasteiger partial charge < -0.3 is 5.11 Å². The summed E-state index contributed by atoms with van der Waals surface area (Å²) in [5.74, 6) is 0. The van der Waals surface area contributed by atoms with E-state index in [1.165, 1.54) is 22.8 Å². The molecule has 0 aromatic carbocycles. The third-order valence-electron chi connectivity index (χ3n) is 2.27. The third kappa shape index (κ3) is 3.14. The fourth-order valence-electron chi connectivity index (χ4n) is 1.34. The van der Waals surface area contributed by atoms with Crippen molar-refractivity contribution in [3.63, 3.8) is 0 Å². The Morgan fingerprint density at radius 3 is 2.83 bits per heavy atom. The zero-order valence-corrected chi connectivity index (χ0v) is 11.0. The number of nitrogens with one attached hydrogen (secondary N) is 1. The molecule has 0 radical (unpaired) electrons. The maximum Gasteiger partial charge on any atom is 0.241 e. The van der Waals surface area contributed by atoms with E-state index in [0.717, 1.165) is 0 Å². The van der Waals surface area contributed by atoms with Crippen molar-refractivity contribution in [2.75, 3.05) is 0 Å². The number of pyridine rings is 1. The van der Waals surface area contributed by atoms with E-state index in [1.54, 1.807) is 24.4 Å². The Balaban J connectivity index is 2.08. The minimum atomic E-state index is -3.54. The highest BCUT2D eigenvalue weighted by molar-refractivity contribution is 7.89. The summed E-state index contributed by atoms with van der Waals surface area (Å²) in [5.41, 5.74) is 0.652. The van der Waals surface area contributed by atoms with E-state index in [1.807, 2.05) is 0 Å². The van der Waals surface area contributed by atoms with Gasteiger partial charge in [0.25, 0.3) is 0 Å². The van der Waals surface area contributed by atoms with Crippen LogP contribution in [0.1, 0.15) is 10.6 Å². The lowest BCUT2D eigenvalue weighted by atomic mass is 10.4. The van der Waals surface area contributed by atoms with Crippen LogP contribution < -0.4 is 4.72 Å². The molecule has 2 aromatic heterocycles. The Hall–Kier alpha value is -1.28. The number of aliphatic hydroxyl groups is 1. The van der Waals surface area contributed by atoms with Crippen molar-refractivity contribution in [2.24, 2.45) is 0 Å². The third-order valence-corrected chi connectivity index (χ3v) is 4.72. The van der Waals surface area contributed by atoms with Crippen molar-refractivity contribution < 1.29 is 13.5 Å². The van der Waals surface area contributed by atoms with Gasteiger partial charge in [0.2, 0.25) is 10.0 Å². The number of rotatable bonds is 5. The molecular weight excluding hydrogens is 272 g/mol. The van der Waals surface area contributed by atoms with E-state index < -0.39 is 10.0 Å². The molecule has 5 nitrogen and oxygen atoms in total. The van der Waals surface area contributed by atoms with Crippen LogP contribution in [0.25, 0.3) is 0 Å². The second-order valence-corrected chi connectivity index (χ2v) is 6.32. The van der Waals surface area contributed by atoms with Crippen LogP contribution in [0.4, 0.5) is 0 Å². The molecule has 2 N–H and O–H groups in total. The summed E-state index contributed by atoms with van der Waals surface area (Å²) in [5, 5.41) is 10.4. The molecule has 0 amide bonds. The lowest BCUT2D eigenvalue weighted by Gasteiger charge is -2.04. The summed E-state index contributed by atoms with van der Waals surface area (Å²) in [6.45, 7) is -0.00605. The first-order valence-corrected chi connectivity index (χ1v) is 7.56. The number of nitrogens with zero attached hydrogens (tertiary/aromatic N) is 1. The first-order chi connectivity index (χ1) is 8.62. The summed E-state index contributed by atoms with van der Waals surface area (Å²) in [7, 11) is -3.54.